The number of ether oxygens (including phenoxy) is 1. The number of halogens is 1. The van der Waals surface area contributed by atoms with Crippen molar-refractivity contribution in [2.75, 3.05) is 19.0 Å². The maximum absolute atomic E-state index is 11.8. The van der Waals surface area contributed by atoms with Crippen molar-refractivity contribution in [3.05, 3.63) is 51.7 Å². The van der Waals surface area contributed by atoms with E-state index in [0.717, 1.165) is 10.6 Å². The summed E-state index contributed by atoms with van der Waals surface area (Å²) in [6.45, 7) is 0.381. The van der Waals surface area contributed by atoms with Gasteiger partial charge in [-0.2, -0.15) is 0 Å². The number of nitrogens with one attached hydrogen (secondary N) is 2. The maximum atomic E-state index is 11.8. The monoisotopic (exact) mass is 310 g/mol. The van der Waals surface area contributed by atoms with Crippen molar-refractivity contribution in [1.29, 1.82) is 0 Å². The van der Waals surface area contributed by atoms with Gasteiger partial charge in [0.25, 0.3) is 0 Å². The lowest BCUT2D eigenvalue weighted by molar-refractivity contribution is 0.107. The second kappa shape index (κ2) is 7.28. The predicted molar refractivity (Wildman–Crippen MR) is 82.5 cm³/mol. The molecule has 106 valence electrons. The van der Waals surface area contributed by atoms with Gasteiger partial charge in [0.1, 0.15) is 6.10 Å². The number of methoxy groups -OCH3 is 1. The third kappa shape index (κ3) is 4.23. The third-order valence-electron chi connectivity index (χ3n) is 2.68. The fourth-order valence-corrected chi connectivity index (χ4v) is 2.82. The molecule has 1 atom stereocenters. The minimum Gasteiger partial charge on any atom is -0.374 e. The number of thiophene rings is 1. The molecule has 0 aliphatic rings. The number of carbonyl (C=O) groups is 1. The standard InChI is InChI=1S/C14H15ClN2O2S/c1-19-11(12-7-8-13(15)20-12)9-16-14(18)17-10-5-3-2-4-6-10/h2-8,11H,9H2,1H3,(H2,16,17,18). The maximum Gasteiger partial charge on any atom is 0.319 e. The first-order chi connectivity index (χ1) is 9.69. The zero-order valence-electron chi connectivity index (χ0n) is 10.9. The Morgan fingerprint density at radius 1 is 1.30 bits per heavy atom. The number of anilines is 1. The fourth-order valence-electron chi connectivity index (χ4n) is 1.68. The third-order valence-corrected chi connectivity index (χ3v) is 4.00. The van der Waals surface area contributed by atoms with Crippen LogP contribution in [0.3, 0.4) is 0 Å². The predicted octanol–water partition coefficient (Wildman–Crippen LogP) is 3.91. The van der Waals surface area contributed by atoms with Gasteiger partial charge >= 0.3 is 6.03 Å². The first-order valence-corrected chi connectivity index (χ1v) is 7.26. The van der Waals surface area contributed by atoms with Crippen LogP contribution in [0.4, 0.5) is 10.5 Å². The Morgan fingerprint density at radius 2 is 2.05 bits per heavy atom. The highest BCUT2D eigenvalue weighted by Gasteiger charge is 2.14. The molecule has 2 amide bonds. The molecule has 6 heteroatoms. The summed E-state index contributed by atoms with van der Waals surface area (Å²) in [5.41, 5.74) is 0.748. The number of hydrogen-bond donors (Lipinski definition) is 2. The van der Waals surface area contributed by atoms with Crippen LogP contribution in [-0.4, -0.2) is 19.7 Å². The number of carbonyl (C=O) groups excluding carboxylic acids is 1. The summed E-state index contributed by atoms with van der Waals surface area (Å²) < 4.78 is 6.06. The van der Waals surface area contributed by atoms with Gasteiger partial charge in [-0.05, 0) is 24.3 Å². The van der Waals surface area contributed by atoms with E-state index in [2.05, 4.69) is 10.6 Å². The average molecular weight is 311 g/mol. The minimum absolute atomic E-state index is 0.200. The summed E-state index contributed by atoms with van der Waals surface area (Å²) in [4.78, 5) is 12.8. The molecule has 2 rings (SSSR count). The molecule has 0 saturated carbocycles. The average Bonchev–Trinajstić information content (AvgIpc) is 2.87. The Morgan fingerprint density at radius 3 is 2.65 bits per heavy atom. The van der Waals surface area contributed by atoms with E-state index in [9.17, 15) is 4.79 Å². The van der Waals surface area contributed by atoms with Crippen molar-refractivity contribution in [2.24, 2.45) is 0 Å². The van der Waals surface area contributed by atoms with Crippen molar-refractivity contribution in [2.45, 2.75) is 6.10 Å². The van der Waals surface area contributed by atoms with E-state index in [0.29, 0.717) is 10.9 Å². The quantitative estimate of drug-likeness (QED) is 0.879. The lowest BCUT2D eigenvalue weighted by Crippen LogP contribution is -2.32. The number of rotatable bonds is 5. The highest BCUT2D eigenvalue weighted by Crippen LogP contribution is 2.28. The second-order valence-electron chi connectivity index (χ2n) is 4.07. The molecular weight excluding hydrogens is 296 g/mol. The van der Waals surface area contributed by atoms with E-state index in [4.69, 9.17) is 16.3 Å². The zero-order valence-corrected chi connectivity index (χ0v) is 12.5. The molecule has 1 unspecified atom stereocenters. The van der Waals surface area contributed by atoms with E-state index in [1.165, 1.54) is 11.3 Å². The Kier molecular flexibility index (Phi) is 5.40. The topological polar surface area (TPSA) is 50.4 Å². The van der Waals surface area contributed by atoms with Gasteiger partial charge in [0.05, 0.1) is 10.9 Å². The zero-order chi connectivity index (χ0) is 14.4. The lowest BCUT2D eigenvalue weighted by atomic mass is 10.3. The number of benzene rings is 1. The Bertz CT molecular complexity index is 559. The fraction of sp³-hybridized carbons (Fsp3) is 0.214. The first kappa shape index (κ1) is 14.8. The summed E-state index contributed by atoms with van der Waals surface area (Å²) in [7, 11) is 1.61. The van der Waals surface area contributed by atoms with E-state index >= 15 is 0 Å². The summed E-state index contributed by atoms with van der Waals surface area (Å²) in [6.07, 6.45) is -0.200. The van der Waals surface area contributed by atoms with Crippen LogP contribution < -0.4 is 10.6 Å². The van der Waals surface area contributed by atoms with Crippen LogP contribution in [0, 0.1) is 0 Å². The van der Waals surface area contributed by atoms with Gasteiger partial charge in [0.2, 0.25) is 0 Å². The van der Waals surface area contributed by atoms with Crippen LogP contribution in [0.25, 0.3) is 0 Å². The SMILES string of the molecule is COC(CNC(=O)Nc1ccccc1)c1ccc(Cl)s1. The van der Waals surface area contributed by atoms with Crippen LogP contribution in [0.5, 0.6) is 0 Å². The van der Waals surface area contributed by atoms with Crippen molar-refractivity contribution in [3.8, 4) is 0 Å². The van der Waals surface area contributed by atoms with Crippen molar-refractivity contribution < 1.29 is 9.53 Å². The largest absolute Gasteiger partial charge is 0.374 e. The molecule has 2 N–H and O–H groups in total. The molecule has 0 fully saturated rings. The smallest absolute Gasteiger partial charge is 0.319 e. The van der Waals surface area contributed by atoms with E-state index in [1.807, 2.05) is 42.5 Å². The second-order valence-corrected chi connectivity index (χ2v) is 5.81. The van der Waals surface area contributed by atoms with Gasteiger partial charge in [-0.3, -0.25) is 0 Å². The Labute approximate surface area is 126 Å². The number of amides is 2. The van der Waals surface area contributed by atoms with Crippen LogP contribution in [0.2, 0.25) is 4.34 Å². The van der Waals surface area contributed by atoms with Crippen LogP contribution >= 0.6 is 22.9 Å². The molecule has 0 bridgehead atoms. The van der Waals surface area contributed by atoms with E-state index in [1.54, 1.807) is 7.11 Å². The molecule has 0 aliphatic heterocycles. The normalized spacial score (nSPS) is 11.9. The van der Waals surface area contributed by atoms with Crippen molar-refractivity contribution in [3.63, 3.8) is 0 Å². The van der Waals surface area contributed by atoms with Gasteiger partial charge in [-0.25, -0.2) is 4.79 Å². The van der Waals surface area contributed by atoms with Crippen LogP contribution in [0.15, 0.2) is 42.5 Å². The van der Waals surface area contributed by atoms with E-state index in [-0.39, 0.29) is 12.1 Å². The van der Waals surface area contributed by atoms with Gasteiger partial charge in [0.15, 0.2) is 0 Å². The molecule has 20 heavy (non-hydrogen) atoms. The summed E-state index contributed by atoms with van der Waals surface area (Å²) >= 11 is 7.34. The van der Waals surface area contributed by atoms with Crippen molar-refractivity contribution >= 4 is 34.7 Å². The highest BCUT2D eigenvalue weighted by molar-refractivity contribution is 7.16. The molecule has 1 heterocycles. The van der Waals surface area contributed by atoms with Crippen molar-refractivity contribution in [1.82, 2.24) is 5.32 Å². The molecule has 0 saturated heterocycles. The molecule has 0 radical (unpaired) electrons. The Hall–Kier alpha value is -1.56. The molecule has 1 aromatic carbocycles. The molecular formula is C14H15ClN2O2S. The first-order valence-electron chi connectivity index (χ1n) is 6.07. The molecule has 1 aromatic heterocycles. The van der Waals surface area contributed by atoms with E-state index < -0.39 is 0 Å². The molecule has 0 aliphatic carbocycles. The molecule has 2 aromatic rings. The summed E-state index contributed by atoms with van der Waals surface area (Å²) in [5.74, 6) is 0. The Balaban J connectivity index is 1.85. The van der Waals surface area contributed by atoms with Gasteiger partial charge in [0, 0.05) is 17.7 Å². The van der Waals surface area contributed by atoms with Crippen LogP contribution in [-0.2, 0) is 4.74 Å². The minimum atomic E-state index is -0.263. The summed E-state index contributed by atoms with van der Waals surface area (Å²) in [6, 6.07) is 12.7. The number of urea groups is 1. The molecule has 0 spiro atoms. The van der Waals surface area contributed by atoms with Gasteiger partial charge < -0.3 is 15.4 Å². The van der Waals surface area contributed by atoms with Crippen LogP contribution in [0.1, 0.15) is 11.0 Å². The highest BCUT2D eigenvalue weighted by atomic mass is 35.5. The number of para-hydroxylation sites is 1. The van der Waals surface area contributed by atoms with Gasteiger partial charge in [-0.15, -0.1) is 11.3 Å². The lowest BCUT2D eigenvalue weighted by Gasteiger charge is -2.15. The van der Waals surface area contributed by atoms with Gasteiger partial charge in [-0.1, -0.05) is 29.8 Å². The summed E-state index contributed by atoms with van der Waals surface area (Å²) in [5, 5.41) is 5.53. The molecule has 4 nitrogen and oxygen atoms in total. The number of hydrogen-bond acceptors (Lipinski definition) is 3.